The van der Waals surface area contributed by atoms with Gasteiger partial charge in [0.2, 0.25) is 5.91 Å². The summed E-state index contributed by atoms with van der Waals surface area (Å²) in [6.07, 6.45) is 1.81. The van der Waals surface area contributed by atoms with Gasteiger partial charge in [0.05, 0.1) is 12.1 Å². The zero-order valence-electron chi connectivity index (χ0n) is 15.2. The highest BCUT2D eigenvalue weighted by Gasteiger charge is 2.05. The first kappa shape index (κ1) is 18.7. The predicted octanol–water partition coefficient (Wildman–Crippen LogP) is 2.06. The molecular formula is C19H27N5O. The van der Waals surface area contributed by atoms with Crippen LogP contribution in [0.4, 0.5) is 0 Å². The summed E-state index contributed by atoms with van der Waals surface area (Å²) >= 11 is 0. The zero-order chi connectivity index (χ0) is 18.1. The van der Waals surface area contributed by atoms with Gasteiger partial charge in [-0.25, -0.2) is 4.99 Å². The number of para-hydroxylation sites is 1. The van der Waals surface area contributed by atoms with Gasteiger partial charge in [0.1, 0.15) is 0 Å². The largest absolute Gasteiger partial charge is 0.357 e. The molecule has 0 saturated carbocycles. The summed E-state index contributed by atoms with van der Waals surface area (Å²) in [4.78, 5) is 20.6. The Morgan fingerprint density at radius 2 is 1.88 bits per heavy atom. The van der Waals surface area contributed by atoms with Crippen molar-refractivity contribution in [3.8, 4) is 0 Å². The van der Waals surface area contributed by atoms with Gasteiger partial charge in [0.15, 0.2) is 5.96 Å². The molecule has 3 N–H and O–H groups in total. The molecule has 2 aromatic rings. The number of hydrogen-bond donors (Lipinski definition) is 3. The molecule has 0 atom stereocenters. The van der Waals surface area contributed by atoms with Crippen LogP contribution >= 0.6 is 0 Å². The van der Waals surface area contributed by atoms with Crippen LogP contribution in [-0.2, 0) is 11.3 Å². The summed E-state index contributed by atoms with van der Waals surface area (Å²) in [5.74, 6) is 0.802. The van der Waals surface area contributed by atoms with E-state index < -0.39 is 0 Å². The van der Waals surface area contributed by atoms with Crippen molar-refractivity contribution in [3.05, 3.63) is 42.1 Å². The van der Waals surface area contributed by atoms with Crippen LogP contribution in [-0.4, -0.2) is 36.5 Å². The summed E-state index contributed by atoms with van der Waals surface area (Å²) in [5, 5.41) is 10.5. The number of pyridine rings is 1. The van der Waals surface area contributed by atoms with E-state index in [0.717, 1.165) is 29.0 Å². The Bertz CT molecular complexity index is 721. The van der Waals surface area contributed by atoms with Gasteiger partial charge in [-0.1, -0.05) is 32.0 Å². The first-order valence-corrected chi connectivity index (χ1v) is 8.74. The summed E-state index contributed by atoms with van der Waals surface area (Å²) in [5.41, 5.74) is 2.11. The number of amides is 1. The van der Waals surface area contributed by atoms with Crippen molar-refractivity contribution in [1.29, 1.82) is 0 Å². The lowest BCUT2D eigenvalue weighted by atomic mass is 10.1. The van der Waals surface area contributed by atoms with E-state index in [-0.39, 0.29) is 11.8 Å². The summed E-state index contributed by atoms with van der Waals surface area (Å²) in [7, 11) is 0. The third-order valence-corrected chi connectivity index (χ3v) is 3.73. The zero-order valence-corrected chi connectivity index (χ0v) is 15.2. The van der Waals surface area contributed by atoms with Crippen LogP contribution in [0.3, 0.4) is 0 Å². The van der Waals surface area contributed by atoms with E-state index in [1.54, 1.807) is 0 Å². The van der Waals surface area contributed by atoms with E-state index in [1.165, 1.54) is 0 Å². The van der Waals surface area contributed by atoms with E-state index in [0.29, 0.717) is 19.6 Å². The van der Waals surface area contributed by atoms with E-state index in [4.69, 9.17) is 0 Å². The third kappa shape index (κ3) is 5.74. The second-order valence-corrected chi connectivity index (χ2v) is 6.05. The standard InChI is InChI=1S/C19H27N5O/c1-4-20-19(23-12-11-22-18(25)14(2)3)24-13-15-9-10-21-17-8-6-5-7-16(15)17/h5-10,14H,4,11-13H2,1-3H3,(H,22,25)(H2,20,23,24). The number of benzene rings is 1. The molecule has 0 fully saturated rings. The Balaban J connectivity index is 1.95. The molecule has 6 nitrogen and oxygen atoms in total. The van der Waals surface area contributed by atoms with E-state index in [1.807, 2.05) is 51.2 Å². The Labute approximate surface area is 149 Å². The molecule has 0 aliphatic carbocycles. The molecule has 0 spiro atoms. The van der Waals surface area contributed by atoms with Gasteiger partial charge in [0, 0.05) is 37.1 Å². The summed E-state index contributed by atoms with van der Waals surface area (Å²) < 4.78 is 0. The minimum absolute atomic E-state index is 0.00174. The lowest BCUT2D eigenvalue weighted by Crippen LogP contribution is -2.42. The molecule has 1 aromatic carbocycles. The lowest BCUT2D eigenvalue weighted by molar-refractivity contribution is -0.123. The number of aliphatic imine (C=N–C) groups is 1. The highest BCUT2D eigenvalue weighted by molar-refractivity contribution is 5.83. The van der Waals surface area contributed by atoms with Crippen molar-refractivity contribution in [2.45, 2.75) is 27.3 Å². The highest BCUT2D eigenvalue weighted by atomic mass is 16.1. The van der Waals surface area contributed by atoms with Gasteiger partial charge < -0.3 is 16.0 Å². The molecule has 25 heavy (non-hydrogen) atoms. The smallest absolute Gasteiger partial charge is 0.222 e. The van der Waals surface area contributed by atoms with E-state index >= 15 is 0 Å². The van der Waals surface area contributed by atoms with Crippen LogP contribution in [0.5, 0.6) is 0 Å². The average Bonchev–Trinajstić information content (AvgIpc) is 2.62. The average molecular weight is 341 g/mol. The quantitative estimate of drug-likeness (QED) is 0.409. The van der Waals surface area contributed by atoms with Crippen molar-refractivity contribution in [2.24, 2.45) is 10.9 Å². The number of fused-ring (bicyclic) bond motifs is 1. The molecule has 0 aliphatic heterocycles. The van der Waals surface area contributed by atoms with Gasteiger partial charge in [0.25, 0.3) is 0 Å². The van der Waals surface area contributed by atoms with Crippen LogP contribution in [0.1, 0.15) is 26.3 Å². The van der Waals surface area contributed by atoms with Crippen LogP contribution in [0.25, 0.3) is 10.9 Å². The molecule has 6 heteroatoms. The number of carbonyl (C=O) groups excluding carboxylic acids is 1. The second-order valence-electron chi connectivity index (χ2n) is 6.05. The van der Waals surface area contributed by atoms with E-state index in [9.17, 15) is 4.79 Å². The SMILES string of the molecule is CCNC(=NCc1ccnc2ccccc12)NCCNC(=O)C(C)C. The number of hydrogen-bond acceptors (Lipinski definition) is 3. The minimum Gasteiger partial charge on any atom is -0.357 e. The number of guanidine groups is 1. The first-order chi connectivity index (χ1) is 12.1. The van der Waals surface area contributed by atoms with Crippen molar-refractivity contribution in [3.63, 3.8) is 0 Å². The normalized spacial score (nSPS) is 11.6. The fourth-order valence-electron chi connectivity index (χ4n) is 2.37. The molecule has 0 bridgehead atoms. The first-order valence-electron chi connectivity index (χ1n) is 8.74. The number of carbonyl (C=O) groups is 1. The van der Waals surface area contributed by atoms with Gasteiger partial charge in [-0.3, -0.25) is 9.78 Å². The number of nitrogens with one attached hydrogen (secondary N) is 3. The van der Waals surface area contributed by atoms with E-state index in [2.05, 4.69) is 32.0 Å². The van der Waals surface area contributed by atoms with Crippen LogP contribution in [0.15, 0.2) is 41.5 Å². The Morgan fingerprint density at radius 1 is 1.12 bits per heavy atom. The molecule has 1 amide bonds. The van der Waals surface area contributed by atoms with Gasteiger partial charge >= 0.3 is 0 Å². The molecule has 1 heterocycles. The summed E-state index contributed by atoms with van der Waals surface area (Å²) in [6.45, 7) is 8.33. The van der Waals surface area contributed by atoms with Crippen molar-refractivity contribution >= 4 is 22.8 Å². The van der Waals surface area contributed by atoms with Gasteiger partial charge in [-0.2, -0.15) is 0 Å². The molecule has 134 valence electrons. The van der Waals surface area contributed by atoms with Crippen molar-refractivity contribution < 1.29 is 4.79 Å². The Hall–Kier alpha value is -2.63. The maximum atomic E-state index is 11.6. The monoisotopic (exact) mass is 341 g/mol. The number of nitrogens with zero attached hydrogens (tertiary/aromatic N) is 2. The topological polar surface area (TPSA) is 78.4 Å². The van der Waals surface area contributed by atoms with Crippen molar-refractivity contribution in [1.82, 2.24) is 20.9 Å². The fraction of sp³-hybridized carbons (Fsp3) is 0.421. The lowest BCUT2D eigenvalue weighted by Gasteiger charge is -2.13. The Kier molecular flexibility index (Phi) is 7.19. The molecule has 2 rings (SSSR count). The molecule has 0 saturated heterocycles. The molecule has 0 aliphatic rings. The maximum absolute atomic E-state index is 11.6. The number of aromatic nitrogens is 1. The van der Waals surface area contributed by atoms with Gasteiger partial charge in [-0.15, -0.1) is 0 Å². The predicted molar refractivity (Wildman–Crippen MR) is 102 cm³/mol. The second kappa shape index (κ2) is 9.61. The summed E-state index contributed by atoms with van der Waals surface area (Å²) in [6, 6.07) is 10.1. The molecule has 1 aromatic heterocycles. The van der Waals surface area contributed by atoms with Crippen LogP contribution in [0, 0.1) is 5.92 Å². The molecule has 0 unspecified atom stereocenters. The molecular weight excluding hydrogens is 314 g/mol. The number of rotatable bonds is 7. The van der Waals surface area contributed by atoms with Gasteiger partial charge in [-0.05, 0) is 24.6 Å². The molecule has 0 radical (unpaired) electrons. The Morgan fingerprint density at radius 3 is 2.64 bits per heavy atom. The van der Waals surface area contributed by atoms with Crippen LogP contribution < -0.4 is 16.0 Å². The third-order valence-electron chi connectivity index (χ3n) is 3.73. The maximum Gasteiger partial charge on any atom is 0.222 e. The van der Waals surface area contributed by atoms with Crippen molar-refractivity contribution in [2.75, 3.05) is 19.6 Å². The minimum atomic E-state index is 0.00174. The fourth-order valence-corrected chi connectivity index (χ4v) is 2.37. The van der Waals surface area contributed by atoms with Crippen LogP contribution in [0.2, 0.25) is 0 Å². The highest BCUT2D eigenvalue weighted by Crippen LogP contribution is 2.16.